The summed E-state index contributed by atoms with van der Waals surface area (Å²) in [4.78, 5) is 11.5. The molecule has 18 heavy (non-hydrogen) atoms. The van der Waals surface area contributed by atoms with Gasteiger partial charge in [0.15, 0.2) is 5.78 Å². The lowest BCUT2D eigenvalue weighted by Gasteiger charge is -2.14. The first-order chi connectivity index (χ1) is 8.35. The molecule has 3 nitrogen and oxygen atoms in total. The minimum atomic E-state index is -4.73. The lowest BCUT2D eigenvalue weighted by molar-refractivity contribution is -0.138. The zero-order chi connectivity index (χ0) is 13.9. The van der Waals surface area contributed by atoms with Crippen LogP contribution in [-0.2, 0) is 6.18 Å². The average molecular weight is 322 g/mol. The highest BCUT2D eigenvalue weighted by molar-refractivity contribution is 9.09. The van der Waals surface area contributed by atoms with Gasteiger partial charge in [-0.1, -0.05) is 15.9 Å². The van der Waals surface area contributed by atoms with E-state index in [1.165, 1.54) is 7.11 Å². The van der Waals surface area contributed by atoms with Crippen molar-refractivity contribution >= 4 is 21.7 Å². The molecular formula is C11H7BrF3NO2. The van der Waals surface area contributed by atoms with Crippen molar-refractivity contribution in [3.8, 4) is 11.8 Å². The van der Waals surface area contributed by atoms with E-state index < -0.39 is 23.1 Å². The number of carbonyl (C=O) groups is 1. The minimum absolute atomic E-state index is 0.120. The molecule has 0 radical (unpaired) electrons. The molecule has 0 atom stereocenters. The number of alkyl halides is 4. The van der Waals surface area contributed by atoms with Gasteiger partial charge in [0.1, 0.15) is 11.8 Å². The van der Waals surface area contributed by atoms with Crippen LogP contribution in [0.15, 0.2) is 12.1 Å². The number of nitriles is 1. The first-order valence-corrected chi connectivity index (χ1v) is 5.75. The number of halogens is 4. The van der Waals surface area contributed by atoms with Crippen molar-refractivity contribution < 1.29 is 22.7 Å². The van der Waals surface area contributed by atoms with Crippen LogP contribution >= 0.6 is 15.9 Å². The van der Waals surface area contributed by atoms with Crippen LogP contribution in [0.4, 0.5) is 13.2 Å². The molecule has 1 rings (SSSR count). The fourth-order valence-electron chi connectivity index (χ4n) is 1.41. The van der Waals surface area contributed by atoms with Crippen molar-refractivity contribution in [3.63, 3.8) is 0 Å². The Morgan fingerprint density at radius 2 is 2.11 bits per heavy atom. The van der Waals surface area contributed by atoms with E-state index in [9.17, 15) is 18.0 Å². The molecule has 1 aromatic rings. The van der Waals surface area contributed by atoms with Gasteiger partial charge in [0.25, 0.3) is 0 Å². The quantitative estimate of drug-likeness (QED) is 0.634. The summed E-state index contributed by atoms with van der Waals surface area (Å²) in [6.45, 7) is 0. The number of hydrogen-bond acceptors (Lipinski definition) is 3. The lowest BCUT2D eigenvalue weighted by Crippen LogP contribution is -2.16. The molecule has 0 N–H and O–H groups in total. The molecule has 0 amide bonds. The maximum absolute atomic E-state index is 12.8. The summed E-state index contributed by atoms with van der Waals surface area (Å²) in [5.74, 6) is -0.925. The Balaban J connectivity index is 3.64. The molecule has 0 aliphatic heterocycles. The van der Waals surface area contributed by atoms with Crippen molar-refractivity contribution in [2.75, 3.05) is 12.4 Å². The topological polar surface area (TPSA) is 50.1 Å². The highest BCUT2D eigenvalue weighted by Gasteiger charge is 2.37. The molecule has 0 aliphatic rings. The number of methoxy groups -OCH3 is 1. The summed E-state index contributed by atoms with van der Waals surface area (Å²) in [7, 11) is 1.18. The second kappa shape index (κ2) is 5.40. The summed E-state index contributed by atoms with van der Waals surface area (Å²) in [6.07, 6.45) is -4.73. The van der Waals surface area contributed by atoms with Gasteiger partial charge in [-0.2, -0.15) is 18.4 Å². The lowest BCUT2D eigenvalue weighted by atomic mass is 9.97. The molecule has 0 fully saturated rings. The van der Waals surface area contributed by atoms with Crippen molar-refractivity contribution in [3.05, 3.63) is 28.8 Å². The molecule has 0 bridgehead atoms. The smallest absolute Gasteiger partial charge is 0.417 e. The zero-order valence-corrected chi connectivity index (χ0v) is 10.7. The second-order valence-electron chi connectivity index (χ2n) is 3.26. The van der Waals surface area contributed by atoms with Gasteiger partial charge >= 0.3 is 6.18 Å². The molecule has 0 saturated carbocycles. The van der Waals surface area contributed by atoms with E-state index in [1.54, 1.807) is 6.07 Å². The Morgan fingerprint density at radius 1 is 1.50 bits per heavy atom. The van der Waals surface area contributed by atoms with Crippen LogP contribution in [0.5, 0.6) is 5.75 Å². The van der Waals surface area contributed by atoms with Gasteiger partial charge in [0.2, 0.25) is 0 Å². The summed E-state index contributed by atoms with van der Waals surface area (Å²) in [6, 6.07) is 3.38. The van der Waals surface area contributed by atoms with E-state index in [-0.39, 0.29) is 16.6 Å². The predicted molar refractivity (Wildman–Crippen MR) is 60.8 cm³/mol. The zero-order valence-electron chi connectivity index (χ0n) is 9.14. The molecule has 0 saturated heterocycles. The van der Waals surface area contributed by atoms with Crippen LogP contribution in [0.25, 0.3) is 0 Å². The third-order valence-electron chi connectivity index (χ3n) is 2.17. The van der Waals surface area contributed by atoms with Crippen molar-refractivity contribution in [1.82, 2.24) is 0 Å². The summed E-state index contributed by atoms with van der Waals surface area (Å²) >= 11 is 2.79. The van der Waals surface area contributed by atoms with Crippen LogP contribution in [0.3, 0.4) is 0 Å². The van der Waals surface area contributed by atoms with E-state index in [4.69, 9.17) is 5.26 Å². The monoisotopic (exact) mass is 321 g/mol. The highest BCUT2D eigenvalue weighted by atomic mass is 79.9. The standard InChI is InChI=1S/C11H7BrF3NO2/c1-18-7-2-6(5-16)10(9(17)4-12)8(3-7)11(13,14)15/h2-3H,4H2,1H3. The molecular weight excluding hydrogens is 315 g/mol. The van der Waals surface area contributed by atoms with Crippen LogP contribution in [0.1, 0.15) is 21.5 Å². The average Bonchev–Trinajstić information content (AvgIpc) is 2.34. The number of Topliss-reactive ketones (excluding diaryl/α,β-unsaturated/α-hetero) is 1. The Labute approximate surface area is 109 Å². The Kier molecular flexibility index (Phi) is 4.35. The van der Waals surface area contributed by atoms with E-state index >= 15 is 0 Å². The molecule has 0 spiro atoms. The second-order valence-corrected chi connectivity index (χ2v) is 3.82. The van der Waals surface area contributed by atoms with Gasteiger partial charge in [0, 0.05) is 5.56 Å². The van der Waals surface area contributed by atoms with Gasteiger partial charge in [0.05, 0.1) is 23.6 Å². The molecule has 1 aromatic carbocycles. The van der Waals surface area contributed by atoms with E-state index in [1.807, 2.05) is 0 Å². The molecule has 7 heteroatoms. The van der Waals surface area contributed by atoms with Gasteiger partial charge in [-0.25, -0.2) is 0 Å². The highest BCUT2D eigenvalue weighted by Crippen LogP contribution is 2.36. The van der Waals surface area contributed by atoms with E-state index in [2.05, 4.69) is 20.7 Å². The van der Waals surface area contributed by atoms with Crippen LogP contribution in [0, 0.1) is 11.3 Å². The molecule has 0 aromatic heterocycles. The maximum Gasteiger partial charge on any atom is 0.417 e. The SMILES string of the molecule is COc1cc(C#N)c(C(=O)CBr)c(C(F)(F)F)c1. The number of carbonyl (C=O) groups excluding carboxylic acids is 1. The van der Waals surface area contributed by atoms with E-state index in [0.717, 1.165) is 6.07 Å². The molecule has 0 heterocycles. The third-order valence-corrected chi connectivity index (χ3v) is 2.68. The first kappa shape index (κ1) is 14.5. The van der Waals surface area contributed by atoms with Gasteiger partial charge in [-0.3, -0.25) is 4.79 Å². The van der Waals surface area contributed by atoms with Gasteiger partial charge in [-0.05, 0) is 12.1 Å². The number of ketones is 1. The third kappa shape index (κ3) is 2.82. The number of hydrogen-bond donors (Lipinski definition) is 0. The number of nitrogens with zero attached hydrogens (tertiary/aromatic N) is 1. The van der Waals surface area contributed by atoms with Crippen molar-refractivity contribution in [2.24, 2.45) is 0 Å². The van der Waals surface area contributed by atoms with Gasteiger partial charge in [-0.15, -0.1) is 0 Å². The Bertz CT molecular complexity index is 520. The summed E-state index contributed by atoms with van der Waals surface area (Å²) in [5.41, 5.74) is -2.16. The first-order valence-electron chi connectivity index (χ1n) is 4.63. The Hall–Kier alpha value is -1.55. The molecule has 0 unspecified atom stereocenters. The van der Waals surface area contributed by atoms with Crippen LogP contribution < -0.4 is 4.74 Å². The predicted octanol–water partition coefficient (Wildman–Crippen LogP) is 3.16. The Morgan fingerprint density at radius 3 is 2.50 bits per heavy atom. The number of ether oxygens (including phenoxy) is 1. The molecule has 96 valence electrons. The minimum Gasteiger partial charge on any atom is -0.497 e. The van der Waals surface area contributed by atoms with Gasteiger partial charge < -0.3 is 4.74 Å². The summed E-state index contributed by atoms with van der Waals surface area (Å²) in [5, 5.41) is 8.54. The molecule has 0 aliphatic carbocycles. The largest absolute Gasteiger partial charge is 0.497 e. The number of benzene rings is 1. The van der Waals surface area contributed by atoms with Crippen molar-refractivity contribution in [1.29, 1.82) is 5.26 Å². The fourth-order valence-corrected chi connectivity index (χ4v) is 1.69. The van der Waals surface area contributed by atoms with Crippen LogP contribution in [0.2, 0.25) is 0 Å². The van der Waals surface area contributed by atoms with Crippen LogP contribution in [-0.4, -0.2) is 18.2 Å². The summed E-state index contributed by atoms with van der Waals surface area (Å²) < 4.78 is 43.2. The van der Waals surface area contributed by atoms with Crippen molar-refractivity contribution in [2.45, 2.75) is 6.18 Å². The maximum atomic E-state index is 12.8. The fraction of sp³-hybridized carbons (Fsp3) is 0.273. The normalized spacial score (nSPS) is 10.9. The number of rotatable bonds is 3. The van der Waals surface area contributed by atoms with E-state index in [0.29, 0.717) is 6.07 Å².